The van der Waals surface area contributed by atoms with Crippen molar-refractivity contribution in [2.75, 3.05) is 13.1 Å². The molecule has 6 nitrogen and oxygen atoms in total. The lowest BCUT2D eigenvalue weighted by Crippen LogP contribution is -2.39. The minimum Gasteiger partial charge on any atom is -0.288 e. The van der Waals surface area contributed by atoms with Gasteiger partial charge in [0.1, 0.15) is 17.5 Å². The molecular formula is C22H25FN4O2S. The van der Waals surface area contributed by atoms with Crippen LogP contribution in [0.2, 0.25) is 0 Å². The van der Waals surface area contributed by atoms with E-state index in [4.69, 9.17) is 4.98 Å². The summed E-state index contributed by atoms with van der Waals surface area (Å²) in [6, 6.07) is 10.8. The van der Waals surface area contributed by atoms with Gasteiger partial charge in [-0.25, -0.2) is 22.8 Å². The van der Waals surface area contributed by atoms with E-state index in [2.05, 4.69) is 18.8 Å². The lowest BCUT2D eigenvalue weighted by Gasteiger charge is -2.31. The Bertz CT molecular complexity index is 1130. The van der Waals surface area contributed by atoms with Gasteiger partial charge in [-0.1, -0.05) is 19.9 Å². The van der Waals surface area contributed by atoms with Crippen molar-refractivity contribution in [2.24, 2.45) is 0 Å². The normalized spacial score (nSPS) is 18.1. The molecule has 0 unspecified atom stereocenters. The number of piperidine rings is 1. The summed E-state index contributed by atoms with van der Waals surface area (Å²) >= 11 is 0. The van der Waals surface area contributed by atoms with Crippen LogP contribution >= 0.6 is 0 Å². The Hall–Kier alpha value is -2.58. The molecule has 1 saturated heterocycles. The van der Waals surface area contributed by atoms with Gasteiger partial charge in [-0.15, -0.1) is 0 Å². The zero-order valence-electron chi connectivity index (χ0n) is 17.1. The fourth-order valence-corrected chi connectivity index (χ4v) is 5.42. The first-order chi connectivity index (χ1) is 14.4. The van der Waals surface area contributed by atoms with Crippen molar-refractivity contribution in [3.05, 3.63) is 72.2 Å². The number of rotatable bonds is 5. The first kappa shape index (κ1) is 20.7. The van der Waals surface area contributed by atoms with Crippen LogP contribution in [0.1, 0.15) is 50.0 Å². The predicted octanol–water partition coefficient (Wildman–Crippen LogP) is 4.10. The van der Waals surface area contributed by atoms with Crippen molar-refractivity contribution in [1.82, 2.24) is 18.8 Å². The van der Waals surface area contributed by atoms with Crippen LogP contribution in [-0.2, 0) is 10.0 Å². The average Bonchev–Trinajstić information content (AvgIpc) is 3.25. The van der Waals surface area contributed by atoms with Crippen molar-refractivity contribution in [1.29, 1.82) is 0 Å². The summed E-state index contributed by atoms with van der Waals surface area (Å²) in [5.74, 6) is 1.53. The summed E-state index contributed by atoms with van der Waals surface area (Å²) in [4.78, 5) is 9.38. The van der Waals surface area contributed by atoms with Crippen LogP contribution in [0, 0.1) is 5.82 Å². The summed E-state index contributed by atoms with van der Waals surface area (Å²) in [6.45, 7) is 4.98. The van der Waals surface area contributed by atoms with Gasteiger partial charge >= 0.3 is 0 Å². The van der Waals surface area contributed by atoms with E-state index in [0.717, 1.165) is 30.2 Å². The summed E-state index contributed by atoms with van der Waals surface area (Å²) in [5.41, 5.74) is 0.870. The number of imidazole rings is 1. The molecule has 1 fully saturated rings. The van der Waals surface area contributed by atoms with Gasteiger partial charge in [0, 0.05) is 43.0 Å². The molecule has 158 valence electrons. The Balaban J connectivity index is 1.59. The molecule has 8 heteroatoms. The van der Waals surface area contributed by atoms with Crippen molar-refractivity contribution in [2.45, 2.75) is 43.4 Å². The van der Waals surface area contributed by atoms with Gasteiger partial charge in [-0.3, -0.25) is 4.57 Å². The van der Waals surface area contributed by atoms with Crippen LogP contribution in [0.15, 0.2) is 59.8 Å². The van der Waals surface area contributed by atoms with Gasteiger partial charge in [0.15, 0.2) is 0 Å². The van der Waals surface area contributed by atoms with Crippen molar-refractivity contribution >= 4 is 10.0 Å². The van der Waals surface area contributed by atoms with Crippen LogP contribution in [0.3, 0.4) is 0 Å². The maximum atomic E-state index is 13.2. The Morgan fingerprint density at radius 3 is 2.63 bits per heavy atom. The first-order valence-electron chi connectivity index (χ1n) is 10.1. The molecule has 0 radical (unpaired) electrons. The van der Waals surface area contributed by atoms with Gasteiger partial charge in [0.05, 0.1) is 4.90 Å². The van der Waals surface area contributed by atoms with Gasteiger partial charge in [-0.2, -0.15) is 4.31 Å². The molecule has 1 atom stereocenters. The molecule has 2 aromatic heterocycles. The molecule has 0 amide bonds. The largest absolute Gasteiger partial charge is 0.288 e. The van der Waals surface area contributed by atoms with Crippen molar-refractivity contribution in [3.63, 3.8) is 0 Å². The third kappa shape index (κ3) is 4.02. The number of nitrogens with zero attached hydrogens (tertiary/aromatic N) is 4. The summed E-state index contributed by atoms with van der Waals surface area (Å²) in [5, 5.41) is 0. The van der Waals surface area contributed by atoms with Gasteiger partial charge < -0.3 is 0 Å². The maximum Gasteiger partial charge on any atom is 0.243 e. The smallest absolute Gasteiger partial charge is 0.243 e. The molecule has 30 heavy (non-hydrogen) atoms. The highest BCUT2D eigenvalue weighted by molar-refractivity contribution is 7.89. The van der Waals surface area contributed by atoms with E-state index in [1.165, 1.54) is 28.6 Å². The zero-order chi connectivity index (χ0) is 21.3. The molecule has 0 saturated carbocycles. The second kappa shape index (κ2) is 8.28. The van der Waals surface area contributed by atoms with Crippen LogP contribution in [0.25, 0.3) is 5.82 Å². The fraction of sp³-hybridized carbons (Fsp3) is 0.364. The van der Waals surface area contributed by atoms with Gasteiger partial charge in [0.2, 0.25) is 10.0 Å². The van der Waals surface area contributed by atoms with E-state index in [0.29, 0.717) is 13.1 Å². The quantitative estimate of drug-likeness (QED) is 0.614. The number of aromatic nitrogens is 3. The van der Waals surface area contributed by atoms with Crippen molar-refractivity contribution in [3.8, 4) is 5.82 Å². The van der Waals surface area contributed by atoms with Crippen LogP contribution < -0.4 is 0 Å². The molecule has 1 aromatic carbocycles. The number of benzene rings is 1. The molecule has 3 aromatic rings. The van der Waals surface area contributed by atoms with Crippen LogP contribution in [0.5, 0.6) is 0 Å². The number of halogens is 1. The number of hydrogen-bond donors (Lipinski definition) is 0. The standard InChI is InChI=1S/C22H25FN4O2S/c1-16(2)22-24-12-14-27(22)21-7-3-6-20(25-21)17-5-4-13-26(15-17)30(28,29)19-10-8-18(23)9-11-19/h3,6-12,14,16-17H,4-5,13,15H2,1-2H3/t17-/m1/s1. The summed E-state index contributed by atoms with van der Waals surface area (Å²) in [6.07, 6.45) is 5.28. The van der Waals surface area contributed by atoms with Gasteiger partial charge in [0.25, 0.3) is 0 Å². The minimum atomic E-state index is -3.67. The maximum absolute atomic E-state index is 13.2. The molecule has 1 aliphatic heterocycles. The lowest BCUT2D eigenvalue weighted by atomic mass is 9.95. The Kier molecular flexibility index (Phi) is 5.71. The second-order valence-corrected chi connectivity index (χ2v) is 9.82. The lowest BCUT2D eigenvalue weighted by molar-refractivity contribution is 0.312. The minimum absolute atomic E-state index is 0.0000511. The summed E-state index contributed by atoms with van der Waals surface area (Å²) in [7, 11) is -3.67. The van der Waals surface area contributed by atoms with E-state index < -0.39 is 15.8 Å². The molecule has 1 aliphatic rings. The molecule has 0 spiro atoms. The number of sulfonamides is 1. The SMILES string of the molecule is CC(C)c1nccn1-c1cccc([C@@H]2CCCN(S(=O)(=O)c3ccc(F)cc3)C2)n1. The van der Waals surface area contributed by atoms with E-state index in [-0.39, 0.29) is 16.7 Å². The van der Waals surface area contributed by atoms with Gasteiger partial charge in [-0.05, 0) is 49.2 Å². The molecular weight excluding hydrogens is 403 g/mol. The third-order valence-corrected chi connectivity index (χ3v) is 7.32. The van der Waals surface area contributed by atoms with Crippen molar-refractivity contribution < 1.29 is 12.8 Å². The summed E-state index contributed by atoms with van der Waals surface area (Å²) < 4.78 is 42.7. The molecule has 4 rings (SSSR count). The highest BCUT2D eigenvalue weighted by Gasteiger charge is 2.31. The molecule has 3 heterocycles. The second-order valence-electron chi connectivity index (χ2n) is 7.89. The number of pyridine rings is 1. The first-order valence-corrected chi connectivity index (χ1v) is 11.6. The molecule has 0 aliphatic carbocycles. The van der Waals surface area contributed by atoms with E-state index in [1.54, 1.807) is 6.20 Å². The molecule has 0 bridgehead atoms. The topological polar surface area (TPSA) is 68.1 Å². The van der Waals surface area contributed by atoms with E-state index >= 15 is 0 Å². The highest BCUT2D eigenvalue weighted by Crippen LogP contribution is 2.30. The fourth-order valence-electron chi connectivity index (χ4n) is 3.89. The highest BCUT2D eigenvalue weighted by atomic mass is 32.2. The Labute approximate surface area is 176 Å². The Morgan fingerprint density at radius 2 is 1.90 bits per heavy atom. The predicted molar refractivity (Wildman–Crippen MR) is 113 cm³/mol. The van der Waals surface area contributed by atoms with E-state index in [1.807, 2.05) is 29.0 Å². The average molecular weight is 429 g/mol. The van der Waals surface area contributed by atoms with E-state index in [9.17, 15) is 12.8 Å². The van der Waals surface area contributed by atoms with Crippen LogP contribution in [-0.4, -0.2) is 40.3 Å². The monoisotopic (exact) mass is 428 g/mol. The molecule has 0 N–H and O–H groups in total. The van der Waals surface area contributed by atoms with Crippen LogP contribution in [0.4, 0.5) is 4.39 Å². The zero-order valence-corrected chi connectivity index (χ0v) is 17.9. The Morgan fingerprint density at radius 1 is 1.13 bits per heavy atom. The number of hydrogen-bond acceptors (Lipinski definition) is 4. The third-order valence-electron chi connectivity index (χ3n) is 5.44.